The Labute approximate surface area is 151 Å². The molecule has 2 aromatic carbocycles. The van der Waals surface area contributed by atoms with Crippen molar-refractivity contribution in [2.75, 3.05) is 11.1 Å². The van der Waals surface area contributed by atoms with Crippen LogP contribution in [0.4, 0.5) is 11.4 Å². The minimum Gasteiger partial charge on any atom is -0.425 e. The summed E-state index contributed by atoms with van der Waals surface area (Å²) in [5, 5.41) is 2.86. The number of fused-ring (bicyclic) bond motifs is 1. The van der Waals surface area contributed by atoms with E-state index in [-0.39, 0.29) is 5.91 Å². The van der Waals surface area contributed by atoms with Crippen molar-refractivity contribution in [3.63, 3.8) is 0 Å². The summed E-state index contributed by atoms with van der Waals surface area (Å²) in [5.41, 5.74) is 7.76. The lowest BCUT2D eigenvalue weighted by molar-refractivity contribution is -0.131. The molecule has 3 rings (SSSR count). The molecule has 0 aliphatic carbocycles. The number of nitrogen functional groups attached to an aromatic ring is 1. The Morgan fingerprint density at radius 2 is 2.08 bits per heavy atom. The molecule has 0 unspecified atom stereocenters. The van der Waals surface area contributed by atoms with Gasteiger partial charge in [-0.15, -0.1) is 0 Å². The fourth-order valence-corrected chi connectivity index (χ4v) is 3.69. The predicted molar refractivity (Wildman–Crippen MR) is 98.8 cm³/mol. The highest BCUT2D eigenvalue weighted by atomic mass is 79.9. The maximum atomic E-state index is 12.2. The molecule has 0 spiro atoms. The molecule has 1 heterocycles. The van der Waals surface area contributed by atoms with E-state index in [2.05, 4.69) is 21.2 Å². The molecule has 2 aromatic rings. The fraction of sp³-hybridized carbons (Fsp3) is 0.0588. The zero-order chi connectivity index (χ0) is 17.3. The molecule has 3 N–H and O–H groups in total. The Bertz CT molecular complexity index is 880. The molecular weight excluding hydrogens is 392 g/mol. The van der Waals surface area contributed by atoms with Gasteiger partial charge in [0, 0.05) is 16.3 Å². The second-order valence-corrected chi connectivity index (χ2v) is 7.10. The Hall–Kier alpha value is -2.25. The van der Waals surface area contributed by atoms with Crippen LogP contribution >= 0.6 is 27.7 Å². The Kier molecular flexibility index (Phi) is 4.64. The summed E-state index contributed by atoms with van der Waals surface area (Å²) in [4.78, 5) is 24.7. The summed E-state index contributed by atoms with van der Waals surface area (Å²) in [6.45, 7) is 1.31. The molecule has 0 bridgehead atoms. The molecule has 0 saturated heterocycles. The number of nitrogens with one attached hydrogen (secondary N) is 1. The topological polar surface area (TPSA) is 81.4 Å². The normalized spacial score (nSPS) is 14.9. The number of amides is 1. The second kappa shape index (κ2) is 6.70. The van der Waals surface area contributed by atoms with Crippen LogP contribution < -0.4 is 15.8 Å². The van der Waals surface area contributed by atoms with Gasteiger partial charge >= 0.3 is 5.97 Å². The minimum absolute atomic E-state index is 0.169. The first-order valence-corrected chi connectivity index (χ1v) is 8.62. The summed E-state index contributed by atoms with van der Waals surface area (Å²) in [6, 6.07) is 10.7. The lowest BCUT2D eigenvalue weighted by Crippen LogP contribution is -2.17. The summed E-state index contributed by atoms with van der Waals surface area (Å²) < 4.78 is 5.94. The van der Waals surface area contributed by atoms with Crippen molar-refractivity contribution in [1.82, 2.24) is 0 Å². The summed E-state index contributed by atoms with van der Waals surface area (Å²) >= 11 is 4.81. The first kappa shape index (κ1) is 16.6. The highest BCUT2D eigenvalue weighted by Gasteiger charge is 2.21. The van der Waals surface area contributed by atoms with Gasteiger partial charge in [-0.1, -0.05) is 33.8 Å². The second-order valence-electron chi connectivity index (χ2n) is 5.10. The number of esters is 1. The van der Waals surface area contributed by atoms with E-state index in [9.17, 15) is 9.59 Å². The number of thioether (sulfide) groups is 1. The van der Waals surface area contributed by atoms with Gasteiger partial charge in [-0.25, -0.2) is 0 Å². The molecule has 0 saturated carbocycles. The molecule has 1 aliphatic rings. The number of carbonyl (C=O) groups excluding carboxylic acids is 2. The van der Waals surface area contributed by atoms with Crippen LogP contribution in [0.25, 0.3) is 6.08 Å². The monoisotopic (exact) mass is 404 g/mol. The van der Waals surface area contributed by atoms with Crippen molar-refractivity contribution in [2.24, 2.45) is 0 Å². The van der Waals surface area contributed by atoms with E-state index in [0.717, 1.165) is 20.6 Å². The van der Waals surface area contributed by atoms with Crippen LogP contribution in [-0.4, -0.2) is 11.9 Å². The highest BCUT2D eigenvalue weighted by Crippen LogP contribution is 2.40. The van der Waals surface area contributed by atoms with Gasteiger partial charge in [-0.05, 0) is 42.0 Å². The number of rotatable bonds is 2. The average Bonchev–Trinajstić information content (AvgIpc) is 2.51. The number of anilines is 2. The van der Waals surface area contributed by atoms with Crippen LogP contribution in [0.5, 0.6) is 5.75 Å². The number of hydrogen-bond donors (Lipinski definition) is 2. The molecule has 122 valence electrons. The van der Waals surface area contributed by atoms with Crippen LogP contribution in [-0.2, 0) is 9.59 Å². The largest absolute Gasteiger partial charge is 0.425 e. The van der Waals surface area contributed by atoms with E-state index in [1.807, 2.05) is 18.2 Å². The lowest BCUT2D eigenvalue weighted by Gasteiger charge is -2.18. The van der Waals surface area contributed by atoms with E-state index in [1.165, 1.54) is 18.7 Å². The Balaban J connectivity index is 1.90. The molecule has 24 heavy (non-hydrogen) atoms. The quantitative estimate of drug-likeness (QED) is 0.341. The Morgan fingerprint density at radius 3 is 2.79 bits per heavy atom. The molecule has 1 amide bonds. The molecule has 7 heteroatoms. The van der Waals surface area contributed by atoms with Crippen molar-refractivity contribution >= 4 is 57.0 Å². The molecule has 0 radical (unpaired) electrons. The first-order valence-electron chi connectivity index (χ1n) is 7.01. The van der Waals surface area contributed by atoms with Crippen LogP contribution in [0, 0.1) is 0 Å². The summed E-state index contributed by atoms with van der Waals surface area (Å²) in [6.07, 6.45) is 1.75. The number of halogens is 1. The first-order chi connectivity index (χ1) is 11.4. The van der Waals surface area contributed by atoms with Crippen LogP contribution in [0.15, 0.2) is 50.7 Å². The molecule has 0 aromatic heterocycles. The van der Waals surface area contributed by atoms with Crippen LogP contribution in [0.3, 0.4) is 0 Å². The third kappa shape index (κ3) is 3.63. The van der Waals surface area contributed by atoms with E-state index >= 15 is 0 Å². The third-order valence-electron chi connectivity index (χ3n) is 3.22. The van der Waals surface area contributed by atoms with Gasteiger partial charge in [-0.2, -0.15) is 0 Å². The van der Waals surface area contributed by atoms with Crippen LogP contribution in [0.1, 0.15) is 12.5 Å². The average molecular weight is 405 g/mol. The SMILES string of the molecule is CC(=O)Oc1ccc(/C=C2\Sc3cc(Br)ccc3NC2=O)cc1N. The van der Waals surface area contributed by atoms with Gasteiger partial charge < -0.3 is 15.8 Å². The zero-order valence-electron chi connectivity index (χ0n) is 12.6. The maximum absolute atomic E-state index is 12.2. The van der Waals surface area contributed by atoms with Gasteiger partial charge in [0.1, 0.15) is 0 Å². The molecule has 1 aliphatic heterocycles. The van der Waals surface area contributed by atoms with Gasteiger partial charge in [0.2, 0.25) is 0 Å². The zero-order valence-corrected chi connectivity index (χ0v) is 15.0. The molecular formula is C17H13BrN2O3S. The van der Waals surface area contributed by atoms with Gasteiger partial charge in [0.05, 0.1) is 16.3 Å². The van der Waals surface area contributed by atoms with Gasteiger partial charge in [-0.3, -0.25) is 9.59 Å². The smallest absolute Gasteiger partial charge is 0.308 e. The minimum atomic E-state index is -0.433. The van der Waals surface area contributed by atoms with Crippen molar-refractivity contribution < 1.29 is 14.3 Å². The molecule has 0 atom stereocenters. The van der Waals surface area contributed by atoms with Gasteiger partial charge in [0.15, 0.2) is 5.75 Å². The lowest BCUT2D eigenvalue weighted by atomic mass is 10.1. The number of hydrogen-bond acceptors (Lipinski definition) is 5. The fourth-order valence-electron chi connectivity index (χ4n) is 2.18. The van der Waals surface area contributed by atoms with E-state index < -0.39 is 5.97 Å². The summed E-state index contributed by atoms with van der Waals surface area (Å²) in [5.74, 6) is -0.297. The highest BCUT2D eigenvalue weighted by molar-refractivity contribution is 9.10. The van der Waals surface area contributed by atoms with Crippen molar-refractivity contribution in [2.45, 2.75) is 11.8 Å². The number of nitrogens with two attached hydrogens (primary N) is 1. The van der Waals surface area contributed by atoms with Crippen molar-refractivity contribution in [1.29, 1.82) is 0 Å². The van der Waals surface area contributed by atoms with E-state index in [1.54, 1.807) is 24.3 Å². The van der Waals surface area contributed by atoms with E-state index in [4.69, 9.17) is 10.5 Å². The summed E-state index contributed by atoms with van der Waals surface area (Å²) in [7, 11) is 0. The Morgan fingerprint density at radius 1 is 1.29 bits per heavy atom. The number of benzene rings is 2. The van der Waals surface area contributed by atoms with Crippen molar-refractivity contribution in [3.05, 3.63) is 51.3 Å². The third-order valence-corrected chi connectivity index (χ3v) is 4.79. The molecule has 5 nitrogen and oxygen atoms in total. The molecule has 0 fully saturated rings. The van der Waals surface area contributed by atoms with Gasteiger partial charge in [0.25, 0.3) is 5.91 Å². The number of ether oxygens (including phenoxy) is 1. The predicted octanol–water partition coefficient (Wildman–Crippen LogP) is 4.04. The standard InChI is InChI=1S/C17H13BrN2O3S/c1-9(21)23-14-5-2-10(6-12(14)19)7-16-17(22)20-13-4-3-11(18)8-15(13)24-16/h2-8H,19H2,1H3,(H,20,22)/b16-7-. The van der Waals surface area contributed by atoms with Crippen molar-refractivity contribution in [3.8, 4) is 5.75 Å². The van der Waals surface area contributed by atoms with Crippen LogP contribution in [0.2, 0.25) is 0 Å². The maximum Gasteiger partial charge on any atom is 0.308 e. The van der Waals surface area contributed by atoms with E-state index in [0.29, 0.717) is 16.3 Å². The number of carbonyl (C=O) groups is 2.